The van der Waals surface area contributed by atoms with Gasteiger partial charge in [0.05, 0.1) is 13.0 Å². The van der Waals surface area contributed by atoms with Gasteiger partial charge in [-0.25, -0.2) is 9.78 Å². The Morgan fingerprint density at radius 3 is 2.37 bits per heavy atom. The molecule has 1 saturated carbocycles. The predicted molar refractivity (Wildman–Crippen MR) is 134 cm³/mol. The second-order valence-electron chi connectivity index (χ2n) is 9.82. The molecular weight excluding hydrogens is 472 g/mol. The number of methoxy groups -OCH3 is 1. The molecule has 0 radical (unpaired) electrons. The van der Waals surface area contributed by atoms with Gasteiger partial charge in [-0.05, 0) is 45.3 Å². The van der Waals surface area contributed by atoms with Crippen LogP contribution < -0.4 is 10.6 Å². The van der Waals surface area contributed by atoms with Gasteiger partial charge < -0.3 is 24.8 Å². The highest BCUT2D eigenvalue weighted by molar-refractivity contribution is 7.80. The summed E-state index contributed by atoms with van der Waals surface area (Å²) in [5.74, 6) is -1.83. The van der Waals surface area contributed by atoms with Crippen LogP contribution in [0.1, 0.15) is 60.8 Å². The number of amides is 2. The molecule has 1 heterocycles. The minimum atomic E-state index is -0.769. The third kappa shape index (κ3) is 7.65. The van der Waals surface area contributed by atoms with Crippen LogP contribution in [0.5, 0.6) is 0 Å². The Kier molecular flexibility index (Phi) is 10.1. The minimum absolute atomic E-state index is 0.0659. The zero-order chi connectivity index (χ0) is 26.3. The second-order valence-corrected chi connectivity index (χ2v) is 10.2. The summed E-state index contributed by atoms with van der Waals surface area (Å²) in [5.41, 5.74) is -0.703. The van der Waals surface area contributed by atoms with Gasteiger partial charge in [-0.1, -0.05) is 26.7 Å². The molecule has 35 heavy (non-hydrogen) atoms. The zero-order valence-corrected chi connectivity index (χ0v) is 22.4. The van der Waals surface area contributed by atoms with Gasteiger partial charge in [-0.15, -0.1) is 0 Å². The number of nitrogens with zero attached hydrogens (tertiary/aromatic N) is 2. The molecule has 11 heteroatoms. The summed E-state index contributed by atoms with van der Waals surface area (Å²) in [6.07, 6.45) is 5.12. The van der Waals surface area contributed by atoms with Gasteiger partial charge in [0.1, 0.15) is 18.0 Å². The fraction of sp³-hybridized carbons (Fsp3) is 0.708. The number of ether oxygens (including phenoxy) is 3. The van der Waals surface area contributed by atoms with Gasteiger partial charge >= 0.3 is 12.1 Å². The SMILES string of the molecule is CCC(CC)[C@H](NC(C)=O)[C@@H]1[C@H](OC(=S)n2ccnc2)[C@@H](C(=O)OC)C[C@H]1NC(=O)OC(C)(C)C. The Bertz CT molecular complexity index is 881. The summed E-state index contributed by atoms with van der Waals surface area (Å²) in [6.45, 7) is 10.8. The van der Waals surface area contributed by atoms with E-state index in [1.54, 1.807) is 33.2 Å². The average Bonchev–Trinajstić information content (AvgIpc) is 3.40. The van der Waals surface area contributed by atoms with Crippen molar-refractivity contribution in [3.8, 4) is 0 Å². The maximum atomic E-state index is 12.9. The highest BCUT2D eigenvalue weighted by atomic mass is 32.1. The van der Waals surface area contributed by atoms with E-state index < -0.39 is 47.7 Å². The molecule has 0 aliphatic heterocycles. The molecule has 0 unspecified atom stereocenters. The first-order valence-electron chi connectivity index (χ1n) is 11.9. The van der Waals surface area contributed by atoms with Crippen molar-refractivity contribution in [1.82, 2.24) is 20.2 Å². The van der Waals surface area contributed by atoms with Crippen LogP contribution in [0.4, 0.5) is 4.79 Å². The molecular formula is C24H38N4O6S. The number of nitrogens with one attached hydrogen (secondary N) is 2. The lowest BCUT2D eigenvalue weighted by Gasteiger charge is -2.38. The smallest absolute Gasteiger partial charge is 0.407 e. The highest BCUT2D eigenvalue weighted by Crippen LogP contribution is 2.40. The number of alkyl carbamates (subject to hydrolysis) is 1. The zero-order valence-electron chi connectivity index (χ0n) is 21.6. The van der Waals surface area contributed by atoms with Crippen molar-refractivity contribution in [2.45, 2.75) is 84.6 Å². The standard InChI is InChI=1S/C24H38N4O6S/c1-8-15(9-2)19(26-14(3)29)18-17(27-22(31)34-24(4,5)6)12-16(21(30)32-7)20(18)33-23(35)28-11-10-25-13-28/h10-11,13,15-20H,8-9,12H2,1-7H3,(H,26,29)(H,27,31)/t16-,17+,18+,19-,20+/m0/s1. The molecule has 1 aromatic rings. The number of thiocarbonyl (C=S) groups is 1. The normalized spacial score (nSPS) is 22.9. The second kappa shape index (κ2) is 12.3. The van der Waals surface area contributed by atoms with Crippen LogP contribution in [0.2, 0.25) is 0 Å². The molecule has 1 aliphatic carbocycles. The molecule has 1 aromatic heterocycles. The van der Waals surface area contributed by atoms with Gasteiger partial charge in [-0.2, -0.15) is 0 Å². The number of carbonyl (C=O) groups excluding carboxylic acids is 3. The number of carbonyl (C=O) groups is 3. The summed E-state index contributed by atoms with van der Waals surface area (Å²) in [6, 6.07) is -0.935. The first kappa shape index (κ1) is 28.5. The minimum Gasteiger partial charge on any atom is -0.469 e. The molecule has 1 fully saturated rings. The van der Waals surface area contributed by atoms with E-state index in [2.05, 4.69) is 15.6 Å². The molecule has 10 nitrogen and oxygen atoms in total. The van der Waals surface area contributed by atoms with Gasteiger partial charge in [0.2, 0.25) is 5.91 Å². The summed E-state index contributed by atoms with van der Waals surface area (Å²) in [5, 5.41) is 6.10. The van der Waals surface area contributed by atoms with Gasteiger partial charge in [0.15, 0.2) is 0 Å². The molecule has 0 aromatic carbocycles. The highest BCUT2D eigenvalue weighted by Gasteiger charge is 2.54. The van der Waals surface area contributed by atoms with Crippen molar-refractivity contribution in [3.63, 3.8) is 0 Å². The largest absolute Gasteiger partial charge is 0.469 e. The summed E-state index contributed by atoms with van der Waals surface area (Å²) < 4.78 is 18.3. The van der Waals surface area contributed by atoms with E-state index in [1.807, 2.05) is 13.8 Å². The molecule has 5 atom stereocenters. The van der Waals surface area contributed by atoms with E-state index in [0.717, 1.165) is 12.8 Å². The summed E-state index contributed by atoms with van der Waals surface area (Å²) in [7, 11) is 1.31. The third-order valence-corrected chi connectivity index (χ3v) is 6.55. The van der Waals surface area contributed by atoms with Gasteiger partial charge in [0, 0.05) is 37.3 Å². The van der Waals surface area contributed by atoms with Gasteiger partial charge in [0.25, 0.3) is 5.17 Å². The van der Waals surface area contributed by atoms with E-state index in [0.29, 0.717) is 0 Å². The van der Waals surface area contributed by atoms with Crippen molar-refractivity contribution in [1.29, 1.82) is 0 Å². The van der Waals surface area contributed by atoms with Crippen molar-refractivity contribution in [2.24, 2.45) is 17.8 Å². The molecule has 2 amide bonds. The van der Waals surface area contributed by atoms with Crippen molar-refractivity contribution in [2.75, 3.05) is 7.11 Å². The quantitative estimate of drug-likeness (QED) is 0.404. The van der Waals surface area contributed by atoms with Crippen LogP contribution in [-0.2, 0) is 23.8 Å². The maximum Gasteiger partial charge on any atom is 0.407 e. The summed E-state index contributed by atoms with van der Waals surface area (Å²) >= 11 is 5.48. The average molecular weight is 511 g/mol. The topological polar surface area (TPSA) is 121 Å². The lowest BCUT2D eigenvalue weighted by molar-refractivity contribution is -0.148. The van der Waals surface area contributed by atoms with E-state index in [9.17, 15) is 14.4 Å². The number of hydrogen-bond acceptors (Lipinski definition) is 8. The van der Waals surface area contributed by atoms with Crippen LogP contribution in [0.3, 0.4) is 0 Å². The van der Waals surface area contributed by atoms with E-state index in [1.165, 1.54) is 24.9 Å². The Morgan fingerprint density at radius 1 is 1.23 bits per heavy atom. The van der Waals surface area contributed by atoms with Crippen LogP contribution >= 0.6 is 12.2 Å². The van der Waals surface area contributed by atoms with E-state index in [-0.39, 0.29) is 23.4 Å². The maximum absolute atomic E-state index is 12.9. The lowest BCUT2D eigenvalue weighted by atomic mass is 9.80. The fourth-order valence-electron chi connectivity index (χ4n) is 4.78. The van der Waals surface area contributed by atoms with Crippen molar-refractivity contribution < 1.29 is 28.6 Å². The Hall–Kier alpha value is -2.69. The first-order valence-corrected chi connectivity index (χ1v) is 12.4. The fourth-order valence-corrected chi connectivity index (χ4v) is 5.00. The third-order valence-electron chi connectivity index (χ3n) is 6.25. The predicted octanol–water partition coefficient (Wildman–Crippen LogP) is 3.04. The molecule has 1 aliphatic rings. The van der Waals surface area contributed by atoms with E-state index >= 15 is 0 Å². The molecule has 0 saturated heterocycles. The molecule has 0 bridgehead atoms. The lowest BCUT2D eigenvalue weighted by Crippen LogP contribution is -2.55. The summed E-state index contributed by atoms with van der Waals surface area (Å²) in [4.78, 5) is 41.9. The van der Waals surface area contributed by atoms with E-state index in [4.69, 9.17) is 26.4 Å². The van der Waals surface area contributed by atoms with Crippen LogP contribution in [0.25, 0.3) is 0 Å². The van der Waals surface area contributed by atoms with Crippen molar-refractivity contribution >= 4 is 35.4 Å². The molecule has 2 rings (SSSR count). The monoisotopic (exact) mass is 510 g/mol. The Morgan fingerprint density at radius 2 is 1.89 bits per heavy atom. The van der Waals surface area contributed by atoms with Gasteiger partial charge in [-0.3, -0.25) is 14.2 Å². The Balaban J connectivity index is 2.52. The number of aromatic nitrogens is 2. The number of hydrogen-bond donors (Lipinski definition) is 2. The Labute approximate surface area is 212 Å². The number of rotatable bonds is 8. The molecule has 0 spiro atoms. The number of imidazole rings is 1. The first-order chi connectivity index (χ1) is 16.4. The van der Waals surface area contributed by atoms with Crippen LogP contribution in [0, 0.1) is 17.8 Å². The molecule has 196 valence electrons. The molecule has 2 N–H and O–H groups in total. The van der Waals surface area contributed by atoms with Crippen molar-refractivity contribution in [3.05, 3.63) is 18.7 Å². The van der Waals surface area contributed by atoms with Crippen LogP contribution in [-0.4, -0.2) is 63.6 Å². The number of esters is 1. The van der Waals surface area contributed by atoms with Crippen LogP contribution in [0.15, 0.2) is 18.7 Å².